The van der Waals surface area contributed by atoms with Crippen LogP contribution >= 0.6 is 11.6 Å². The third-order valence-corrected chi connectivity index (χ3v) is 2.29. The summed E-state index contributed by atoms with van der Waals surface area (Å²) < 4.78 is 5.35. The van der Waals surface area contributed by atoms with Crippen molar-refractivity contribution < 1.29 is 9.66 Å². The van der Waals surface area contributed by atoms with E-state index in [1.807, 2.05) is 0 Å². The van der Waals surface area contributed by atoms with Gasteiger partial charge in [-0.1, -0.05) is 17.7 Å². The van der Waals surface area contributed by atoms with E-state index >= 15 is 0 Å². The maximum absolute atomic E-state index is 10.7. The quantitative estimate of drug-likeness (QED) is 0.618. The second-order valence-electron chi connectivity index (χ2n) is 3.14. The Balaban J connectivity index is 2.29. The number of aromatic nitrogens is 1. The summed E-state index contributed by atoms with van der Waals surface area (Å²) in [4.78, 5) is 14.1. The zero-order valence-corrected chi connectivity index (χ0v) is 9.29. The number of rotatable bonds is 3. The molecule has 5 nitrogen and oxygen atoms in total. The zero-order valence-electron chi connectivity index (χ0n) is 8.54. The van der Waals surface area contributed by atoms with E-state index in [4.69, 9.17) is 16.3 Å². The molecular formula is C11H7ClN2O3. The van der Waals surface area contributed by atoms with Crippen molar-refractivity contribution in [3.8, 4) is 11.6 Å². The standard InChI is InChI=1S/C11H7ClN2O3/c12-9-5-4-8(7-10(9)14(15)16)17-11-3-1-2-6-13-11/h1-7H. The van der Waals surface area contributed by atoms with Crippen molar-refractivity contribution in [3.05, 3.63) is 57.7 Å². The van der Waals surface area contributed by atoms with Gasteiger partial charge in [-0.2, -0.15) is 0 Å². The minimum atomic E-state index is -0.562. The van der Waals surface area contributed by atoms with Crippen LogP contribution < -0.4 is 4.74 Å². The van der Waals surface area contributed by atoms with E-state index in [-0.39, 0.29) is 10.7 Å². The van der Waals surface area contributed by atoms with Gasteiger partial charge in [0.05, 0.1) is 11.0 Å². The second kappa shape index (κ2) is 4.80. The van der Waals surface area contributed by atoms with Crippen molar-refractivity contribution in [1.82, 2.24) is 4.98 Å². The number of hydrogen-bond acceptors (Lipinski definition) is 4. The van der Waals surface area contributed by atoms with Crippen molar-refractivity contribution in [2.24, 2.45) is 0 Å². The lowest BCUT2D eigenvalue weighted by molar-refractivity contribution is -0.384. The molecule has 1 aromatic carbocycles. The summed E-state index contributed by atoms with van der Waals surface area (Å²) in [6, 6.07) is 9.38. The summed E-state index contributed by atoms with van der Waals surface area (Å²) in [5, 5.41) is 10.7. The maximum atomic E-state index is 10.7. The van der Waals surface area contributed by atoms with Gasteiger partial charge >= 0.3 is 0 Å². The van der Waals surface area contributed by atoms with Gasteiger partial charge in [-0.3, -0.25) is 10.1 Å². The summed E-state index contributed by atoms with van der Waals surface area (Å²) in [6.07, 6.45) is 1.57. The molecule has 0 bridgehead atoms. The Morgan fingerprint density at radius 2 is 2.12 bits per heavy atom. The van der Waals surface area contributed by atoms with Crippen molar-refractivity contribution in [1.29, 1.82) is 0 Å². The molecule has 0 N–H and O–H groups in total. The van der Waals surface area contributed by atoms with Crippen LogP contribution in [0.25, 0.3) is 0 Å². The molecule has 0 atom stereocenters. The van der Waals surface area contributed by atoms with Gasteiger partial charge in [0, 0.05) is 12.3 Å². The van der Waals surface area contributed by atoms with E-state index < -0.39 is 4.92 Å². The van der Waals surface area contributed by atoms with E-state index in [1.54, 1.807) is 30.5 Å². The molecule has 6 heteroatoms. The third kappa shape index (κ3) is 2.70. The smallest absolute Gasteiger partial charge is 0.291 e. The van der Waals surface area contributed by atoms with Crippen LogP contribution in [0, 0.1) is 10.1 Å². The molecule has 1 aromatic heterocycles. The normalized spacial score (nSPS) is 9.94. The SMILES string of the molecule is O=[N+]([O-])c1cc(Oc2ccccn2)ccc1Cl. The Morgan fingerprint density at radius 1 is 1.29 bits per heavy atom. The Labute approximate surface area is 102 Å². The first-order chi connectivity index (χ1) is 8.16. The molecule has 0 radical (unpaired) electrons. The Bertz CT molecular complexity index is 546. The van der Waals surface area contributed by atoms with Crippen LogP contribution in [0.4, 0.5) is 5.69 Å². The number of nitro groups is 1. The molecule has 0 spiro atoms. The van der Waals surface area contributed by atoms with Crippen LogP contribution in [0.3, 0.4) is 0 Å². The lowest BCUT2D eigenvalue weighted by atomic mass is 10.3. The molecule has 0 fully saturated rings. The molecule has 0 saturated carbocycles. The van der Waals surface area contributed by atoms with Crippen LogP contribution in [-0.4, -0.2) is 9.91 Å². The first-order valence-corrected chi connectivity index (χ1v) is 5.07. The van der Waals surface area contributed by atoms with Crippen molar-refractivity contribution in [3.63, 3.8) is 0 Å². The van der Waals surface area contributed by atoms with Crippen molar-refractivity contribution in [2.45, 2.75) is 0 Å². The highest BCUT2D eigenvalue weighted by Gasteiger charge is 2.13. The maximum Gasteiger partial charge on any atom is 0.291 e. The summed E-state index contributed by atoms with van der Waals surface area (Å²) in [6.45, 7) is 0. The molecule has 0 aliphatic carbocycles. The Kier molecular flexibility index (Phi) is 3.20. The Morgan fingerprint density at radius 3 is 2.76 bits per heavy atom. The van der Waals surface area contributed by atoms with Crippen LogP contribution in [0.2, 0.25) is 5.02 Å². The molecule has 0 unspecified atom stereocenters. The predicted molar refractivity (Wildman–Crippen MR) is 62.4 cm³/mol. The molecule has 1 heterocycles. The highest BCUT2D eigenvalue weighted by Crippen LogP contribution is 2.30. The molecule has 0 aliphatic heterocycles. The molecule has 2 rings (SSSR count). The lowest BCUT2D eigenvalue weighted by Crippen LogP contribution is -1.91. The highest BCUT2D eigenvalue weighted by molar-refractivity contribution is 6.32. The van der Waals surface area contributed by atoms with Gasteiger partial charge in [0.25, 0.3) is 5.69 Å². The predicted octanol–water partition coefficient (Wildman–Crippen LogP) is 3.44. The molecule has 0 aliphatic rings. The van der Waals surface area contributed by atoms with Crippen LogP contribution in [0.15, 0.2) is 42.6 Å². The third-order valence-electron chi connectivity index (χ3n) is 1.97. The Hall–Kier alpha value is -2.14. The number of benzene rings is 1. The van der Waals surface area contributed by atoms with E-state index in [2.05, 4.69) is 4.98 Å². The lowest BCUT2D eigenvalue weighted by Gasteiger charge is -2.04. The monoisotopic (exact) mass is 250 g/mol. The van der Waals surface area contributed by atoms with Crippen molar-refractivity contribution >= 4 is 17.3 Å². The molecule has 0 amide bonds. The first kappa shape index (κ1) is 11.3. The van der Waals surface area contributed by atoms with Crippen LogP contribution in [-0.2, 0) is 0 Å². The van der Waals surface area contributed by atoms with Gasteiger partial charge in [-0.05, 0) is 18.2 Å². The minimum absolute atomic E-state index is 0.0726. The minimum Gasteiger partial charge on any atom is -0.439 e. The van der Waals surface area contributed by atoms with Gasteiger partial charge in [-0.25, -0.2) is 4.98 Å². The largest absolute Gasteiger partial charge is 0.439 e. The molecular weight excluding hydrogens is 244 g/mol. The summed E-state index contributed by atoms with van der Waals surface area (Å²) in [5.41, 5.74) is -0.194. The number of ether oxygens (including phenoxy) is 1. The zero-order chi connectivity index (χ0) is 12.3. The van der Waals surface area contributed by atoms with E-state index in [9.17, 15) is 10.1 Å². The van der Waals surface area contributed by atoms with Crippen LogP contribution in [0.5, 0.6) is 11.6 Å². The van der Waals surface area contributed by atoms with Crippen LogP contribution in [0.1, 0.15) is 0 Å². The van der Waals surface area contributed by atoms with Gasteiger partial charge in [0.15, 0.2) is 0 Å². The molecule has 86 valence electrons. The fraction of sp³-hybridized carbons (Fsp3) is 0. The van der Waals surface area contributed by atoms with Crippen molar-refractivity contribution in [2.75, 3.05) is 0 Å². The second-order valence-corrected chi connectivity index (χ2v) is 3.55. The van der Waals surface area contributed by atoms with E-state index in [0.717, 1.165) is 0 Å². The highest BCUT2D eigenvalue weighted by atomic mass is 35.5. The fourth-order valence-corrected chi connectivity index (χ4v) is 1.41. The molecule has 17 heavy (non-hydrogen) atoms. The number of nitrogens with zero attached hydrogens (tertiary/aromatic N) is 2. The number of hydrogen-bond donors (Lipinski definition) is 0. The van der Waals surface area contributed by atoms with Gasteiger partial charge in [0.2, 0.25) is 5.88 Å². The fourth-order valence-electron chi connectivity index (χ4n) is 1.22. The van der Waals surface area contributed by atoms with E-state index in [0.29, 0.717) is 11.6 Å². The number of nitro benzene ring substituents is 1. The number of halogens is 1. The molecule has 2 aromatic rings. The summed E-state index contributed by atoms with van der Waals surface area (Å²) in [5.74, 6) is 0.684. The summed E-state index contributed by atoms with van der Waals surface area (Å²) in [7, 11) is 0. The first-order valence-electron chi connectivity index (χ1n) is 4.69. The topological polar surface area (TPSA) is 65.3 Å². The van der Waals surface area contributed by atoms with Gasteiger partial charge < -0.3 is 4.74 Å². The summed E-state index contributed by atoms with van der Waals surface area (Å²) >= 11 is 5.68. The van der Waals surface area contributed by atoms with Gasteiger partial charge in [0.1, 0.15) is 10.8 Å². The molecule has 0 saturated heterocycles. The van der Waals surface area contributed by atoms with E-state index in [1.165, 1.54) is 12.1 Å². The number of pyridine rings is 1. The average molecular weight is 251 g/mol. The van der Waals surface area contributed by atoms with Gasteiger partial charge in [-0.15, -0.1) is 0 Å². The average Bonchev–Trinajstić information content (AvgIpc) is 2.32.